The molecular formula is C10H12N2OS. The Morgan fingerprint density at radius 2 is 2.21 bits per heavy atom. The number of hydrogen-bond donors (Lipinski definition) is 0. The van der Waals surface area contributed by atoms with Crippen molar-refractivity contribution < 1.29 is 4.74 Å². The normalized spacial score (nSPS) is 10.8. The molecular weight excluding hydrogens is 196 g/mol. The van der Waals surface area contributed by atoms with Crippen LogP contribution in [-0.2, 0) is 7.05 Å². The van der Waals surface area contributed by atoms with Crippen LogP contribution >= 0.6 is 11.8 Å². The van der Waals surface area contributed by atoms with Crippen molar-refractivity contribution in [1.82, 2.24) is 9.78 Å². The van der Waals surface area contributed by atoms with Crippen molar-refractivity contribution in [2.75, 3.05) is 13.4 Å². The summed E-state index contributed by atoms with van der Waals surface area (Å²) in [6.07, 6.45) is 4.05. The maximum Gasteiger partial charge on any atom is 0.148 e. The zero-order valence-electron chi connectivity index (χ0n) is 8.44. The number of thioether (sulfide) groups is 1. The van der Waals surface area contributed by atoms with E-state index < -0.39 is 0 Å². The van der Waals surface area contributed by atoms with Gasteiger partial charge in [0, 0.05) is 23.5 Å². The molecule has 0 amide bonds. The topological polar surface area (TPSA) is 27.1 Å². The van der Waals surface area contributed by atoms with Crippen molar-refractivity contribution in [3.63, 3.8) is 0 Å². The van der Waals surface area contributed by atoms with E-state index in [9.17, 15) is 0 Å². The largest absolute Gasteiger partial charge is 0.494 e. The molecule has 1 aromatic carbocycles. The van der Waals surface area contributed by atoms with Crippen molar-refractivity contribution in [3.05, 3.63) is 18.3 Å². The number of methoxy groups -OCH3 is 1. The molecule has 0 spiro atoms. The highest BCUT2D eigenvalue weighted by Gasteiger charge is 2.07. The summed E-state index contributed by atoms with van der Waals surface area (Å²) in [5.41, 5.74) is 0.924. The maximum atomic E-state index is 5.29. The molecule has 14 heavy (non-hydrogen) atoms. The van der Waals surface area contributed by atoms with Crippen LogP contribution in [-0.4, -0.2) is 23.1 Å². The summed E-state index contributed by atoms with van der Waals surface area (Å²) in [6.45, 7) is 0. The Kier molecular flexibility index (Phi) is 2.37. The quantitative estimate of drug-likeness (QED) is 0.709. The van der Waals surface area contributed by atoms with Crippen LogP contribution in [0, 0.1) is 0 Å². The summed E-state index contributed by atoms with van der Waals surface area (Å²) >= 11 is 1.71. The first-order valence-electron chi connectivity index (χ1n) is 4.30. The van der Waals surface area contributed by atoms with Gasteiger partial charge in [-0.15, -0.1) is 11.8 Å². The number of benzene rings is 1. The minimum Gasteiger partial charge on any atom is -0.494 e. The lowest BCUT2D eigenvalue weighted by Gasteiger charge is -2.02. The standard InChI is InChI=1S/C10H12N2OS/c1-12-6-7-4-8(14-3)5-9(13-2)10(7)11-12/h4-6H,1-3H3. The first-order chi connectivity index (χ1) is 6.74. The molecule has 0 aliphatic carbocycles. The van der Waals surface area contributed by atoms with Gasteiger partial charge in [0.2, 0.25) is 0 Å². The molecule has 0 bridgehead atoms. The Morgan fingerprint density at radius 1 is 1.43 bits per heavy atom. The summed E-state index contributed by atoms with van der Waals surface area (Å²) in [5.74, 6) is 0.840. The van der Waals surface area contributed by atoms with Crippen molar-refractivity contribution in [3.8, 4) is 5.75 Å². The third-order valence-corrected chi connectivity index (χ3v) is 2.82. The number of hydrogen-bond acceptors (Lipinski definition) is 3. The zero-order chi connectivity index (χ0) is 10.1. The number of ether oxygens (including phenoxy) is 1. The lowest BCUT2D eigenvalue weighted by Crippen LogP contribution is -1.88. The fraction of sp³-hybridized carbons (Fsp3) is 0.300. The minimum absolute atomic E-state index is 0.840. The van der Waals surface area contributed by atoms with Gasteiger partial charge in [-0.05, 0) is 18.4 Å². The average Bonchev–Trinajstić information content (AvgIpc) is 2.56. The van der Waals surface area contributed by atoms with Crippen molar-refractivity contribution in [2.24, 2.45) is 7.05 Å². The highest BCUT2D eigenvalue weighted by Crippen LogP contribution is 2.29. The van der Waals surface area contributed by atoms with Gasteiger partial charge in [-0.1, -0.05) is 0 Å². The van der Waals surface area contributed by atoms with Crippen molar-refractivity contribution >= 4 is 22.7 Å². The van der Waals surface area contributed by atoms with E-state index in [0.717, 1.165) is 16.7 Å². The Morgan fingerprint density at radius 3 is 2.86 bits per heavy atom. The minimum atomic E-state index is 0.840. The molecule has 0 saturated carbocycles. The van der Waals surface area contributed by atoms with E-state index in [0.29, 0.717) is 0 Å². The van der Waals surface area contributed by atoms with Gasteiger partial charge in [0.05, 0.1) is 7.11 Å². The van der Waals surface area contributed by atoms with Gasteiger partial charge < -0.3 is 4.74 Å². The van der Waals surface area contributed by atoms with Crippen LogP contribution in [0.3, 0.4) is 0 Å². The third kappa shape index (κ3) is 1.46. The van der Waals surface area contributed by atoms with Crippen LogP contribution in [0.4, 0.5) is 0 Å². The highest BCUT2D eigenvalue weighted by molar-refractivity contribution is 7.98. The summed E-state index contributed by atoms with van der Waals surface area (Å²) < 4.78 is 7.10. The Labute approximate surface area is 87.1 Å². The summed E-state index contributed by atoms with van der Waals surface area (Å²) in [5, 5.41) is 5.46. The fourth-order valence-electron chi connectivity index (χ4n) is 1.47. The number of nitrogens with zero attached hydrogens (tertiary/aromatic N) is 2. The van der Waals surface area contributed by atoms with E-state index in [1.54, 1.807) is 23.6 Å². The molecule has 0 aliphatic heterocycles. The van der Waals surface area contributed by atoms with Crippen LogP contribution in [0.2, 0.25) is 0 Å². The second-order valence-corrected chi connectivity index (χ2v) is 3.95. The zero-order valence-corrected chi connectivity index (χ0v) is 9.26. The molecule has 1 aromatic heterocycles. The van der Waals surface area contributed by atoms with Crippen LogP contribution in [0.25, 0.3) is 10.9 Å². The molecule has 1 heterocycles. The van der Waals surface area contributed by atoms with E-state index in [-0.39, 0.29) is 0 Å². The van der Waals surface area contributed by atoms with Gasteiger partial charge in [0.25, 0.3) is 0 Å². The SMILES string of the molecule is COc1cc(SC)cc2cn(C)nc12. The van der Waals surface area contributed by atoms with Crippen LogP contribution in [0.1, 0.15) is 0 Å². The van der Waals surface area contributed by atoms with Gasteiger partial charge in [-0.3, -0.25) is 4.68 Å². The van der Waals surface area contributed by atoms with Gasteiger partial charge >= 0.3 is 0 Å². The first kappa shape index (κ1) is 9.40. The van der Waals surface area contributed by atoms with Gasteiger partial charge in [0.15, 0.2) is 0 Å². The fourth-order valence-corrected chi connectivity index (χ4v) is 1.94. The molecule has 0 saturated heterocycles. The summed E-state index contributed by atoms with van der Waals surface area (Å²) in [4.78, 5) is 1.20. The molecule has 0 radical (unpaired) electrons. The molecule has 0 N–H and O–H groups in total. The first-order valence-corrected chi connectivity index (χ1v) is 5.52. The Hall–Kier alpha value is -1.16. The molecule has 0 aliphatic rings. The lowest BCUT2D eigenvalue weighted by molar-refractivity contribution is 0.417. The molecule has 3 nitrogen and oxygen atoms in total. The predicted molar refractivity (Wildman–Crippen MR) is 59.0 cm³/mol. The Bertz CT molecular complexity index is 464. The lowest BCUT2D eigenvalue weighted by atomic mass is 10.2. The van der Waals surface area contributed by atoms with Gasteiger partial charge in [0.1, 0.15) is 11.3 Å². The summed E-state index contributed by atoms with van der Waals surface area (Å²) in [6, 6.07) is 4.13. The average molecular weight is 208 g/mol. The Balaban J connectivity index is 2.72. The van der Waals surface area contributed by atoms with Crippen LogP contribution in [0.5, 0.6) is 5.75 Å². The van der Waals surface area contributed by atoms with Crippen molar-refractivity contribution in [2.45, 2.75) is 4.90 Å². The summed E-state index contributed by atoms with van der Waals surface area (Å²) in [7, 11) is 3.59. The number of fused-ring (bicyclic) bond motifs is 1. The molecule has 0 unspecified atom stereocenters. The molecule has 2 rings (SSSR count). The van der Waals surface area contributed by atoms with Crippen LogP contribution < -0.4 is 4.74 Å². The van der Waals surface area contributed by atoms with Crippen molar-refractivity contribution in [1.29, 1.82) is 0 Å². The number of aromatic nitrogens is 2. The molecule has 0 fully saturated rings. The molecule has 4 heteroatoms. The third-order valence-electron chi connectivity index (χ3n) is 2.12. The van der Waals surface area contributed by atoms with Gasteiger partial charge in [-0.2, -0.15) is 5.10 Å². The van der Waals surface area contributed by atoms with E-state index >= 15 is 0 Å². The molecule has 0 atom stereocenters. The van der Waals surface area contributed by atoms with E-state index in [1.165, 1.54) is 4.90 Å². The highest BCUT2D eigenvalue weighted by atomic mass is 32.2. The number of rotatable bonds is 2. The van der Waals surface area contributed by atoms with E-state index in [4.69, 9.17) is 4.74 Å². The van der Waals surface area contributed by atoms with E-state index in [2.05, 4.69) is 17.4 Å². The smallest absolute Gasteiger partial charge is 0.148 e. The second kappa shape index (κ2) is 3.53. The monoisotopic (exact) mass is 208 g/mol. The van der Waals surface area contributed by atoms with Crippen LogP contribution in [0.15, 0.2) is 23.2 Å². The van der Waals surface area contributed by atoms with Gasteiger partial charge in [-0.25, -0.2) is 0 Å². The predicted octanol–water partition coefficient (Wildman–Crippen LogP) is 2.30. The maximum absolute atomic E-state index is 5.29. The van der Waals surface area contributed by atoms with E-state index in [1.807, 2.05) is 19.3 Å². The number of aryl methyl sites for hydroxylation is 1. The molecule has 74 valence electrons. The molecule has 2 aromatic rings. The second-order valence-electron chi connectivity index (χ2n) is 3.07.